The Morgan fingerprint density at radius 2 is 2.18 bits per heavy atom. The molecule has 3 heterocycles. The lowest BCUT2D eigenvalue weighted by Gasteiger charge is -2.45. The van der Waals surface area contributed by atoms with Gasteiger partial charge >= 0.3 is 0 Å². The number of hydrogen-bond acceptors (Lipinski definition) is 4. The monoisotopic (exact) mass is 301 g/mol. The Balaban J connectivity index is 1.71. The molecule has 2 aliphatic rings. The summed E-state index contributed by atoms with van der Waals surface area (Å²) in [6.45, 7) is 4.55. The van der Waals surface area contributed by atoms with Gasteiger partial charge in [0.25, 0.3) is 0 Å². The second kappa shape index (κ2) is 5.46. The van der Waals surface area contributed by atoms with E-state index in [0.29, 0.717) is 25.2 Å². The van der Waals surface area contributed by atoms with Crippen molar-refractivity contribution in [2.45, 2.75) is 19.5 Å². The summed E-state index contributed by atoms with van der Waals surface area (Å²) in [5.41, 5.74) is 2.47. The van der Waals surface area contributed by atoms with Gasteiger partial charge in [0, 0.05) is 44.6 Å². The van der Waals surface area contributed by atoms with E-state index in [1.807, 2.05) is 13.0 Å². The van der Waals surface area contributed by atoms with Crippen molar-refractivity contribution in [3.8, 4) is 6.07 Å². The first-order valence-corrected chi connectivity index (χ1v) is 7.35. The molecule has 2 fully saturated rings. The standard InChI is InChI=1S/C15H19N5O2/c1-10-11(6-16)5-12(17-10)7-19-3-4-20-13(8-19)15(22)18(2)9-14(20)21/h5,13,17H,3-4,7-9H2,1-2H3/t13-/m1/s1. The molecule has 22 heavy (non-hydrogen) atoms. The molecule has 2 saturated heterocycles. The fourth-order valence-electron chi connectivity index (χ4n) is 3.19. The molecule has 1 atom stereocenters. The third-order valence-corrected chi connectivity index (χ3v) is 4.40. The van der Waals surface area contributed by atoms with Gasteiger partial charge in [0.05, 0.1) is 12.1 Å². The number of hydrogen-bond donors (Lipinski definition) is 1. The summed E-state index contributed by atoms with van der Waals surface area (Å²) in [7, 11) is 1.67. The van der Waals surface area contributed by atoms with Crippen LogP contribution in [0.3, 0.4) is 0 Å². The number of nitrogens with one attached hydrogen (secondary N) is 1. The van der Waals surface area contributed by atoms with Crippen LogP contribution < -0.4 is 0 Å². The number of piperazine rings is 2. The summed E-state index contributed by atoms with van der Waals surface area (Å²) in [6.07, 6.45) is 0. The highest BCUT2D eigenvalue weighted by molar-refractivity contribution is 5.95. The first-order chi connectivity index (χ1) is 10.5. The highest BCUT2D eigenvalue weighted by Gasteiger charge is 2.41. The fraction of sp³-hybridized carbons (Fsp3) is 0.533. The summed E-state index contributed by atoms with van der Waals surface area (Å²) < 4.78 is 0. The molecule has 0 aliphatic carbocycles. The first kappa shape index (κ1) is 14.6. The van der Waals surface area contributed by atoms with Crippen LogP contribution in [-0.2, 0) is 16.1 Å². The minimum absolute atomic E-state index is 0.00433. The SMILES string of the molecule is Cc1[nH]c(CN2CCN3C(=O)CN(C)C(=O)[C@H]3C2)cc1C#N. The third-order valence-electron chi connectivity index (χ3n) is 4.40. The van der Waals surface area contributed by atoms with E-state index in [-0.39, 0.29) is 24.4 Å². The zero-order chi connectivity index (χ0) is 15.9. The van der Waals surface area contributed by atoms with E-state index >= 15 is 0 Å². The Hall–Kier alpha value is -2.33. The van der Waals surface area contributed by atoms with Crippen LogP contribution in [0.2, 0.25) is 0 Å². The van der Waals surface area contributed by atoms with Gasteiger partial charge in [0.15, 0.2) is 0 Å². The van der Waals surface area contributed by atoms with E-state index in [0.717, 1.165) is 17.9 Å². The molecule has 2 amide bonds. The summed E-state index contributed by atoms with van der Waals surface area (Å²) in [6, 6.07) is 3.62. The number of rotatable bonds is 2. The first-order valence-electron chi connectivity index (χ1n) is 7.35. The fourth-order valence-corrected chi connectivity index (χ4v) is 3.19. The van der Waals surface area contributed by atoms with Gasteiger partial charge in [-0.3, -0.25) is 14.5 Å². The number of nitriles is 1. The molecule has 0 aromatic carbocycles. The normalized spacial score (nSPS) is 22.7. The molecular weight excluding hydrogens is 282 g/mol. The number of fused-ring (bicyclic) bond motifs is 1. The smallest absolute Gasteiger partial charge is 0.246 e. The molecule has 7 heteroatoms. The number of aromatic nitrogens is 1. The van der Waals surface area contributed by atoms with Gasteiger partial charge in [-0.05, 0) is 13.0 Å². The van der Waals surface area contributed by atoms with Crippen LogP contribution in [0.15, 0.2) is 6.07 Å². The summed E-state index contributed by atoms with van der Waals surface area (Å²) in [4.78, 5) is 32.8. The summed E-state index contributed by atoms with van der Waals surface area (Å²) in [5, 5.41) is 9.01. The molecule has 0 unspecified atom stereocenters. The van der Waals surface area contributed by atoms with Crippen LogP contribution in [0.25, 0.3) is 0 Å². The van der Waals surface area contributed by atoms with E-state index in [1.54, 1.807) is 11.9 Å². The highest BCUT2D eigenvalue weighted by atomic mass is 16.2. The second-order valence-corrected chi connectivity index (χ2v) is 5.98. The van der Waals surface area contributed by atoms with Crippen LogP contribution in [0, 0.1) is 18.3 Å². The second-order valence-electron chi connectivity index (χ2n) is 5.98. The number of carbonyl (C=O) groups is 2. The number of aryl methyl sites for hydroxylation is 1. The molecule has 7 nitrogen and oxygen atoms in total. The molecule has 3 rings (SSSR count). The predicted octanol–water partition coefficient (Wildman–Crippen LogP) is -0.320. The minimum atomic E-state index is -0.383. The van der Waals surface area contributed by atoms with Gasteiger partial charge < -0.3 is 14.8 Å². The van der Waals surface area contributed by atoms with Gasteiger partial charge in [0.2, 0.25) is 11.8 Å². The lowest BCUT2D eigenvalue weighted by atomic mass is 10.1. The van der Waals surface area contributed by atoms with Crippen molar-refractivity contribution in [1.29, 1.82) is 5.26 Å². The van der Waals surface area contributed by atoms with Crippen LogP contribution in [0.1, 0.15) is 17.0 Å². The number of aromatic amines is 1. The molecule has 116 valence electrons. The zero-order valence-electron chi connectivity index (χ0n) is 12.8. The van der Waals surface area contributed by atoms with Crippen LogP contribution in [0.4, 0.5) is 0 Å². The molecule has 0 saturated carbocycles. The molecule has 0 radical (unpaired) electrons. The highest BCUT2D eigenvalue weighted by Crippen LogP contribution is 2.19. The number of nitrogens with zero attached hydrogens (tertiary/aromatic N) is 4. The van der Waals surface area contributed by atoms with Crippen molar-refractivity contribution in [3.05, 3.63) is 23.0 Å². The van der Waals surface area contributed by atoms with Gasteiger partial charge in [-0.15, -0.1) is 0 Å². The van der Waals surface area contributed by atoms with Crippen molar-refractivity contribution in [3.63, 3.8) is 0 Å². The zero-order valence-corrected chi connectivity index (χ0v) is 12.8. The molecule has 1 aromatic rings. The lowest BCUT2D eigenvalue weighted by Crippen LogP contribution is -2.65. The maximum Gasteiger partial charge on any atom is 0.246 e. The molecule has 1 aromatic heterocycles. The summed E-state index contributed by atoms with van der Waals surface area (Å²) in [5.74, 6) is 0.0268. The Morgan fingerprint density at radius 3 is 2.86 bits per heavy atom. The van der Waals surface area contributed by atoms with Crippen molar-refractivity contribution < 1.29 is 9.59 Å². The summed E-state index contributed by atoms with van der Waals surface area (Å²) >= 11 is 0. The predicted molar refractivity (Wildman–Crippen MR) is 78.7 cm³/mol. The van der Waals surface area contributed by atoms with Crippen molar-refractivity contribution in [1.82, 2.24) is 19.7 Å². The molecule has 2 aliphatic heterocycles. The van der Waals surface area contributed by atoms with Gasteiger partial charge in [-0.2, -0.15) is 5.26 Å². The van der Waals surface area contributed by atoms with Crippen molar-refractivity contribution in [2.24, 2.45) is 0 Å². The number of likely N-dealkylation sites (N-methyl/N-ethyl adjacent to an activating group) is 1. The Labute approximate surface area is 129 Å². The van der Waals surface area contributed by atoms with E-state index in [1.165, 1.54) is 4.90 Å². The number of H-pyrrole nitrogens is 1. The lowest BCUT2D eigenvalue weighted by molar-refractivity contribution is -0.158. The molecule has 0 spiro atoms. The van der Waals surface area contributed by atoms with Crippen LogP contribution in [0.5, 0.6) is 0 Å². The van der Waals surface area contributed by atoms with Crippen molar-refractivity contribution in [2.75, 3.05) is 33.2 Å². The van der Waals surface area contributed by atoms with Crippen LogP contribution in [-0.4, -0.2) is 70.8 Å². The molecule has 0 bridgehead atoms. The van der Waals surface area contributed by atoms with E-state index < -0.39 is 0 Å². The van der Waals surface area contributed by atoms with E-state index in [4.69, 9.17) is 5.26 Å². The number of amides is 2. The Bertz CT molecular complexity index is 659. The third kappa shape index (κ3) is 2.46. The average Bonchev–Trinajstić information content (AvgIpc) is 2.84. The topological polar surface area (TPSA) is 83.4 Å². The largest absolute Gasteiger partial charge is 0.360 e. The van der Waals surface area contributed by atoms with Gasteiger partial charge in [-0.1, -0.05) is 0 Å². The van der Waals surface area contributed by atoms with Gasteiger partial charge in [0.1, 0.15) is 12.1 Å². The molecular formula is C15H19N5O2. The molecule has 1 N–H and O–H groups in total. The maximum atomic E-state index is 12.3. The Kier molecular flexibility index (Phi) is 3.62. The van der Waals surface area contributed by atoms with Crippen LogP contribution >= 0.6 is 0 Å². The maximum absolute atomic E-state index is 12.3. The quantitative estimate of drug-likeness (QED) is 0.811. The van der Waals surface area contributed by atoms with Crippen molar-refractivity contribution >= 4 is 11.8 Å². The number of carbonyl (C=O) groups excluding carboxylic acids is 2. The van der Waals surface area contributed by atoms with E-state index in [2.05, 4.69) is 16.0 Å². The Morgan fingerprint density at radius 1 is 1.41 bits per heavy atom. The van der Waals surface area contributed by atoms with E-state index in [9.17, 15) is 9.59 Å². The minimum Gasteiger partial charge on any atom is -0.360 e. The average molecular weight is 301 g/mol. The van der Waals surface area contributed by atoms with Gasteiger partial charge in [-0.25, -0.2) is 0 Å².